The van der Waals surface area contributed by atoms with Gasteiger partial charge in [0, 0.05) is 61.0 Å². The Kier molecular flexibility index (Phi) is 9.37. The van der Waals surface area contributed by atoms with Gasteiger partial charge in [0.1, 0.15) is 6.07 Å². The Balaban J connectivity index is 1.38. The van der Waals surface area contributed by atoms with Crippen LogP contribution in [0.5, 0.6) is 0 Å². The Morgan fingerprint density at radius 2 is 0.527 bits per heavy atom. The topological polar surface area (TPSA) is 56.4 Å². The Hall–Kier alpha value is -9.18. The molecule has 0 atom stereocenters. The first kappa shape index (κ1) is 43.6. The molecule has 0 radical (unpaired) electrons. The minimum atomic E-state index is 0.556. The van der Waals surface area contributed by atoms with Crippen molar-refractivity contribution in [2.24, 2.45) is 0 Å². The number of nitriles is 1. The summed E-state index contributed by atoms with van der Waals surface area (Å²) in [5.41, 5.74) is 23.7. The van der Waals surface area contributed by atoms with E-state index in [-0.39, 0.29) is 0 Å². The van der Waals surface area contributed by atoms with Gasteiger partial charge in [-0.1, -0.05) is 93.0 Å². The van der Waals surface area contributed by atoms with Gasteiger partial charge >= 0.3 is 0 Å². The van der Waals surface area contributed by atoms with E-state index in [1.54, 1.807) is 0 Å². The van der Waals surface area contributed by atoms with E-state index in [0.29, 0.717) is 5.56 Å². The molecular weight excluding hydrogens is 901 g/mol. The van der Waals surface area contributed by atoms with E-state index in [1.165, 1.54) is 55.3 Å². The number of hydrogen-bond donors (Lipinski definition) is 0. The number of benzene rings is 9. The van der Waals surface area contributed by atoms with Crippen LogP contribution >= 0.6 is 0 Å². The van der Waals surface area contributed by atoms with Crippen LogP contribution in [-0.2, 0) is 0 Å². The zero-order valence-corrected chi connectivity index (χ0v) is 42.8. The predicted octanol–water partition coefficient (Wildman–Crippen LogP) is 17.5. The first-order chi connectivity index (χ1) is 35.9. The minimum Gasteiger partial charge on any atom is -0.306 e. The average Bonchev–Trinajstić information content (AvgIpc) is 4.15. The molecule has 0 saturated carbocycles. The Labute approximate surface area is 429 Å². The van der Waals surface area contributed by atoms with Gasteiger partial charge in [0.15, 0.2) is 0 Å². The molecule has 14 rings (SSSR count). The fraction of sp³-hybridized carbons (Fsp3) is 0.118. The molecule has 5 aromatic heterocycles. The van der Waals surface area contributed by atoms with Gasteiger partial charge in [-0.3, -0.25) is 4.98 Å². The first-order valence-electron chi connectivity index (χ1n) is 25.6. The van der Waals surface area contributed by atoms with Gasteiger partial charge in [-0.15, -0.1) is 0 Å². The molecule has 0 aliphatic heterocycles. The third kappa shape index (κ3) is 6.20. The lowest BCUT2D eigenvalue weighted by Gasteiger charge is -2.29. The lowest BCUT2D eigenvalue weighted by Crippen LogP contribution is -2.17. The zero-order valence-electron chi connectivity index (χ0n) is 42.8. The zero-order chi connectivity index (χ0) is 50.4. The van der Waals surface area contributed by atoms with Gasteiger partial charge < -0.3 is 18.3 Å². The molecule has 74 heavy (non-hydrogen) atoms. The van der Waals surface area contributed by atoms with Crippen molar-refractivity contribution in [1.29, 1.82) is 5.26 Å². The molecule has 0 fully saturated rings. The van der Waals surface area contributed by atoms with Crippen molar-refractivity contribution in [2.45, 2.75) is 55.4 Å². The molecule has 14 aromatic rings. The van der Waals surface area contributed by atoms with Crippen molar-refractivity contribution in [3.05, 3.63) is 220 Å². The number of rotatable bonds is 5. The molecule has 6 heteroatoms. The third-order valence-electron chi connectivity index (χ3n) is 15.7. The van der Waals surface area contributed by atoms with Crippen LogP contribution < -0.4 is 0 Å². The van der Waals surface area contributed by atoms with Gasteiger partial charge in [-0.25, -0.2) is 0 Å². The van der Waals surface area contributed by atoms with E-state index >= 15 is 0 Å². The summed E-state index contributed by atoms with van der Waals surface area (Å²) in [6, 6.07) is 61.9. The number of aromatic nitrogens is 5. The maximum atomic E-state index is 12.7. The lowest BCUT2D eigenvalue weighted by molar-refractivity contribution is 1.02. The molecule has 0 N–H and O–H groups in total. The van der Waals surface area contributed by atoms with Gasteiger partial charge in [-0.2, -0.15) is 5.26 Å². The summed E-state index contributed by atoms with van der Waals surface area (Å²) in [7, 11) is 0. The van der Waals surface area contributed by atoms with Crippen molar-refractivity contribution < 1.29 is 0 Å². The van der Waals surface area contributed by atoms with E-state index in [0.717, 1.165) is 110 Å². The van der Waals surface area contributed by atoms with E-state index in [9.17, 15) is 5.26 Å². The maximum absolute atomic E-state index is 12.7. The average molecular weight is 953 g/mol. The van der Waals surface area contributed by atoms with Crippen LogP contribution in [0.1, 0.15) is 50.1 Å². The largest absolute Gasteiger partial charge is 0.306 e. The molecular formula is C68H52N6. The van der Waals surface area contributed by atoms with Crippen LogP contribution in [0.2, 0.25) is 0 Å². The second kappa shape index (κ2) is 15.9. The Morgan fingerprint density at radius 1 is 0.297 bits per heavy atom. The van der Waals surface area contributed by atoms with Crippen LogP contribution in [0, 0.1) is 66.7 Å². The fourth-order valence-electron chi connectivity index (χ4n) is 12.4. The Bertz CT molecular complexity index is 4570. The van der Waals surface area contributed by atoms with Crippen LogP contribution in [0.25, 0.3) is 121 Å². The molecule has 6 nitrogen and oxygen atoms in total. The van der Waals surface area contributed by atoms with E-state index < -0.39 is 0 Å². The van der Waals surface area contributed by atoms with Crippen LogP contribution in [0.4, 0.5) is 0 Å². The highest BCUT2D eigenvalue weighted by Gasteiger charge is 2.35. The number of fused-ring (bicyclic) bond motifs is 12. The third-order valence-corrected chi connectivity index (χ3v) is 15.7. The van der Waals surface area contributed by atoms with Gasteiger partial charge in [0.05, 0.1) is 72.4 Å². The van der Waals surface area contributed by atoms with Crippen molar-refractivity contribution >= 4 is 87.2 Å². The number of nitrogens with zero attached hydrogens (tertiary/aromatic N) is 6. The summed E-state index contributed by atoms with van der Waals surface area (Å²) in [6.45, 7) is 17.4. The van der Waals surface area contributed by atoms with Crippen LogP contribution in [0.15, 0.2) is 170 Å². The molecule has 0 unspecified atom stereocenters. The molecule has 354 valence electrons. The highest BCUT2D eigenvalue weighted by Crippen LogP contribution is 2.52. The lowest BCUT2D eigenvalue weighted by atomic mass is 9.93. The van der Waals surface area contributed by atoms with Crippen molar-refractivity contribution in [2.75, 3.05) is 0 Å². The summed E-state index contributed by atoms with van der Waals surface area (Å²) >= 11 is 0. The highest BCUT2D eigenvalue weighted by atomic mass is 15.1. The van der Waals surface area contributed by atoms with Gasteiger partial charge in [0.2, 0.25) is 0 Å². The van der Waals surface area contributed by atoms with Crippen LogP contribution in [-0.4, -0.2) is 23.3 Å². The monoisotopic (exact) mass is 952 g/mol. The molecule has 0 bridgehead atoms. The molecule has 0 saturated heterocycles. The summed E-state index contributed by atoms with van der Waals surface area (Å²) < 4.78 is 9.92. The second-order valence-electron chi connectivity index (χ2n) is 21.0. The molecule has 0 spiro atoms. The van der Waals surface area contributed by atoms with Crippen LogP contribution in [0.3, 0.4) is 0 Å². The fourth-order valence-corrected chi connectivity index (χ4v) is 12.4. The quantitative estimate of drug-likeness (QED) is 0.173. The smallest absolute Gasteiger partial charge is 0.102 e. The van der Waals surface area contributed by atoms with E-state index in [2.05, 4.69) is 242 Å². The second-order valence-corrected chi connectivity index (χ2v) is 21.0. The number of pyridine rings is 1. The van der Waals surface area contributed by atoms with Crippen molar-refractivity contribution in [3.8, 4) is 39.9 Å². The summed E-state index contributed by atoms with van der Waals surface area (Å²) in [4.78, 5) is 4.62. The molecule has 5 heterocycles. The molecule has 9 aromatic carbocycles. The maximum Gasteiger partial charge on any atom is 0.102 e. The normalized spacial score (nSPS) is 12.0. The summed E-state index contributed by atoms with van der Waals surface area (Å²) in [6.07, 6.45) is 3.73. The highest BCUT2D eigenvalue weighted by molar-refractivity contribution is 6.17. The number of aryl methyl sites for hydroxylation is 8. The SMILES string of the molecule is Cc1ccc2c(c1)c1cc(C)ccc1n2-c1c(C#N)c(-c2ccncc2)c(-n2c3ccc(C)cc3c3cc(C)ccc32)c(-n2c3ccc(C)cc3c3cc(C)ccc32)c1-n1c2ccc(C)cc2c2cc(C)ccc21. The minimum absolute atomic E-state index is 0.556. The molecule has 0 aliphatic carbocycles. The standard InChI is InChI=1S/C68H52N6/c1-38-9-17-56-47(29-38)48-30-39(2)10-18-57(48)71(56)65-55(37-69)64(46-25-27-70-28-26-46)66(72-58-19-11-40(3)31-49(58)50-32-41(4)12-20-59(50)72)68(74-62-23-15-44(7)35-53(62)54-36-45(8)16-24-63(54)74)67(65)73-60-21-13-42(5)33-51(60)52-34-43(6)14-22-61(52)73/h9-36H,1-8H3. The van der Waals surface area contributed by atoms with Gasteiger partial charge in [-0.05, 0) is 170 Å². The molecule has 0 amide bonds. The van der Waals surface area contributed by atoms with E-state index in [1.807, 2.05) is 12.4 Å². The number of hydrogen-bond acceptors (Lipinski definition) is 2. The Morgan fingerprint density at radius 3 is 0.784 bits per heavy atom. The first-order valence-corrected chi connectivity index (χ1v) is 25.6. The van der Waals surface area contributed by atoms with Crippen molar-refractivity contribution in [1.82, 2.24) is 23.3 Å². The predicted molar refractivity (Wildman–Crippen MR) is 310 cm³/mol. The van der Waals surface area contributed by atoms with Crippen molar-refractivity contribution in [3.63, 3.8) is 0 Å². The summed E-state index contributed by atoms with van der Waals surface area (Å²) in [5.74, 6) is 0. The summed E-state index contributed by atoms with van der Waals surface area (Å²) in [5, 5.41) is 21.9. The molecule has 0 aliphatic rings. The van der Waals surface area contributed by atoms with E-state index in [4.69, 9.17) is 0 Å². The van der Waals surface area contributed by atoms with Gasteiger partial charge in [0.25, 0.3) is 0 Å².